The molecule has 3 heteroatoms. The van der Waals surface area contributed by atoms with Crippen molar-refractivity contribution >= 4 is 29.2 Å². The van der Waals surface area contributed by atoms with Gasteiger partial charge >= 0.3 is 0 Å². The number of thiocarbonyl (C=S) groups is 1. The summed E-state index contributed by atoms with van der Waals surface area (Å²) < 4.78 is 0.677. The molecule has 0 aliphatic heterocycles. The molecule has 0 heterocycles. The molecule has 0 spiro atoms. The Labute approximate surface area is 96.5 Å². The molecule has 0 aromatic heterocycles. The van der Waals surface area contributed by atoms with Gasteiger partial charge in [0.05, 0.1) is 0 Å². The summed E-state index contributed by atoms with van der Waals surface area (Å²) in [6, 6.07) is 10.3. The standard InChI is InChI=1S/C11H15NS2/c1-2-8-12(11(13)14)9-10-6-4-3-5-7-10/h3-7H,2,8-9H2,1H3,(H,13,14). The van der Waals surface area contributed by atoms with Crippen LogP contribution in [0.25, 0.3) is 0 Å². The van der Waals surface area contributed by atoms with Crippen molar-refractivity contribution in [3.63, 3.8) is 0 Å². The van der Waals surface area contributed by atoms with Crippen LogP contribution in [-0.2, 0) is 6.54 Å². The molecule has 0 radical (unpaired) electrons. The van der Waals surface area contributed by atoms with Crippen molar-refractivity contribution in [1.82, 2.24) is 4.90 Å². The molecule has 0 aliphatic carbocycles. The van der Waals surface area contributed by atoms with E-state index < -0.39 is 0 Å². The van der Waals surface area contributed by atoms with Crippen molar-refractivity contribution in [2.75, 3.05) is 6.54 Å². The molecule has 0 bridgehead atoms. The monoisotopic (exact) mass is 225 g/mol. The highest BCUT2D eigenvalue weighted by Gasteiger charge is 2.04. The molecule has 1 aromatic rings. The first kappa shape index (κ1) is 11.5. The number of benzene rings is 1. The first-order valence-corrected chi connectivity index (χ1v) is 5.61. The summed E-state index contributed by atoms with van der Waals surface area (Å²) in [6.45, 7) is 3.97. The van der Waals surface area contributed by atoms with Gasteiger partial charge in [-0.3, -0.25) is 0 Å². The van der Waals surface area contributed by atoms with Crippen molar-refractivity contribution in [3.8, 4) is 0 Å². The summed E-state index contributed by atoms with van der Waals surface area (Å²) in [7, 11) is 0. The van der Waals surface area contributed by atoms with Gasteiger partial charge in [0.1, 0.15) is 4.32 Å². The second-order valence-electron chi connectivity index (χ2n) is 3.19. The van der Waals surface area contributed by atoms with Gasteiger partial charge in [-0.25, -0.2) is 0 Å². The minimum absolute atomic E-state index is 0.677. The molecule has 0 unspecified atom stereocenters. The molecule has 1 nitrogen and oxygen atoms in total. The van der Waals surface area contributed by atoms with E-state index in [0.717, 1.165) is 19.5 Å². The lowest BCUT2D eigenvalue weighted by Crippen LogP contribution is -2.26. The molecule has 0 N–H and O–H groups in total. The Balaban J connectivity index is 2.60. The van der Waals surface area contributed by atoms with Crippen LogP contribution in [0, 0.1) is 0 Å². The highest BCUT2D eigenvalue weighted by atomic mass is 32.1. The van der Waals surface area contributed by atoms with E-state index in [1.54, 1.807) is 0 Å². The van der Waals surface area contributed by atoms with Gasteiger partial charge in [0.2, 0.25) is 0 Å². The first-order valence-electron chi connectivity index (χ1n) is 4.76. The van der Waals surface area contributed by atoms with Gasteiger partial charge in [-0.1, -0.05) is 49.5 Å². The fourth-order valence-electron chi connectivity index (χ4n) is 1.32. The maximum atomic E-state index is 5.07. The van der Waals surface area contributed by atoms with Gasteiger partial charge < -0.3 is 4.90 Å². The van der Waals surface area contributed by atoms with Crippen molar-refractivity contribution in [2.24, 2.45) is 0 Å². The SMILES string of the molecule is CCCN(Cc1ccccc1)C(=S)S. The predicted octanol–water partition coefficient (Wildman–Crippen LogP) is 3.11. The lowest BCUT2D eigenvalue weighted by Gasteiger charge is -2.21. The van der Waals surface area contributed by atoms with Crippen LogP contribution in [0.15, 0.2) is 30.3 Å². The average molecular weight is 225 g/mol. The number of rotatable bonds is 4. The van der Waals surface area contributed by atoms with Crippen molar-refractivity contribution in [3.05, 3.63) is 35.9 Å². The molecule has 0 saturated carbocycles. The second kappa shape index (κ2) is 6.04. The highest BCUT2D eigenvalue weighted by Crippen LogP contribution is 2.07. The Morgan fingerprint density at radius 3 is 2.50 bits per heavy atom. The zero-order chi connectivity index (χ0) is 10.4. The first-order chi connectivity index (χ1) is 6.74. The third kappa shape index (κ3) is 3.68. The number of hydrogen-bond donors (Lipinski definition) is 1. The Hall–Kier alpha value is -0.540. The summed E-state index contributed by atoms with van der Waals surface area (Å²) in [6.07, 6.45) is 1.09. The molecule has 0 aliphatic rings. The molecular weight excluding hydrogens is 210 g/mol. The summed E-state index contributed by atoms with van der Waals surface area (Å²) in [5.74, 6) is 0. The zero-order valence-electron chi connectivity index (χ0n) is 8.31. The van der Waals surface area contributed by atoms with Crippen molar-refractivity contribution in [1.29, 1.82) is 0 Å². The van der Waals surface area contributed by atoms with Gasteiger partial charge in [-0.05, 0) is 12.0 Å². The van der Waals surface area contributed by atoms with Crippen LogP contribution in [-0.4, -0.2) is 15.8 Å². The normalized spacial score (nSPS) is 9.86. The van der Waals surface area contributed by atoms with Crippen LogP contribution in [0.2, 0.25) is 0 Å². The Morgan fingerprint density at radius 2 is 2.00 bits per heavy atom. The predicted molar refractivity (Wildman–Crippen MR) is 68.7 cm³/mol. The smallest absolute Gasteiger partial charge is 0.133 e. The third-order valence-electron chi connectivity index (χ3n) is 1.98. The molecule has 0 atom stereocenters. The fourth-order valence-corrected chi connectivity index (χ4v) is 1.64. The molecule has 1 aromatic carbocycles. The van der Waals surface area contributed by atoms with E-state index in [1.165, 1.54) is 5.56 Å². The maximum Gasteiger partial charge on any atom is 0.133 e. The van der Waals surface area contributed by atoms with Crippen molar-refractivity contribution in [2.45, 2.75) is 19.9 Å². The van der Waals surface area contributed by atoms with Gasteiger partial charge in [-0.2, -0.15) is 0 Å². The van der Waals surface area contributed by atoms with Gasteiger partial charge in [0, 0.05) is 13.1 Å². The minimum Gasteiger partial charge on any atom is -0.353 e. The quantitative estimate of drug-likeness (QED) is 0.619. The Bertz CT molecular complexity index is 285. The average Bonchev–Trinajstić information content (AvgIpc) is 2.18. The van der Waals surface area contributed by atoms with Gasteiger partial charge in [0.25, 0.3) is 0 Å². The van der Waals surface area contributed by atoms with E-state index >= 15 is 0 Å². The van der Waals surface area contributed by atoms with Gasteiger partial charge in [0.15, 0.2) is 0 Å². The van der Waals surface area contributed by atoms with E-state index in [2.05, 4.69) is 36.6 Å². The van der Waals surface area contributed by atoms with Crippen LogP contribution in [0.5, 0.6) is 0 Å². The van der Waals surface area contributed by atoms with Crippen LogP contribution >= 0.6 is 24.8 Å². The molecule has 1 rings (SSSR count). The molecule has 14 heavy (non-hydrogen) atoms. The van der Waals surface area contributed by atoms with Crippen LogP contribution in [0.1, 0.15) is 18.9 Å². The summed E-state index contributed by atoms with van der Waals surface area (Å²) in [5, 5.41) is 0. The topological polar surface area (TPSA) is 3.24 Å². The summed E-state index contributed by atoms with van der Waals surface area (Å²) in [4.78, 5) is 2.10. The van der Waals surface area contributed by atoms with Crippen molar-refractivity contribution < 1.29 is 0 Å². The lowest BCUT2D eigenvalue weighted by molar-refractivity contribution is 0.426. The number of nitrogens with zero attached hydrogens (tertiary/aromatic N) is 1. The van der Waals surface area contributed by atoms with E-state index in [1.807, 2.05) is 18.2 Å². The molecule has 76 valence electrons. The maximum absolute atomic E-state index is 5.07. The molecular formula is C11H15NS2. The Morgan fingerprint density at radius 1 is 1.36 bits per heavy atom. The number of thiol groups is 1. The zero-order valence-corrected chi connectivity index (χ0v) is 10.0. The molecule has 0 fully saturated rings. The van der Waals surface area contributed by atoms with E-state index in [9.17, 15) is 0 Å². The summed E-state index contributed by atoms with van der Waals surface area (Å²) in [5.41, 5.74) is 1.28. The van der Waals surface area contributed by atoms with Crippen LogP contribution in [0.3, 0.4) is 0 Å². The summed E-state index contributed by atoms with van der Waals surface area (Å²) >= 11 is 9.29. The van der Waals surface area contributed by atoms with E-state index in [-0.39, 0.29) is 0 Å². The second-order valence-corrected chi connectivity index (χ2v) is 4.30. The molecule has 0 amide bonds. The molecule has 0 saturated heterocycles. The number of hydrogen-bond acceptors (Lipinski definition) is 1. The van der Waals surface area contributed by atoms with E-state index in [0.29, 0.717) is 4.32 Å². The highest BCUT2D eigenvalue weighted by molar-refractivity contribution is 8.10. The fraction of sp³-hybridized carbons (Fsp3) is 0.364. The largest absolute Gasteiger partial charge is 0.353 e. The minimum atomic E-state index is 0.677. The van der Waals surface area contributed by atoms with Crippen LogP contribution in [0.4, 0.5) is 0 Å². The van der Waals surface area contributed by atoms with Gasteiger partial charge in [-0.15, -0.1) is 12.6 Å². The van der Waals surface area contributed by atoms with Crippen LogP contribution < -0.4 is 0 Å². The Kier molecular flexibility index (Phi) is 4.98. The lowest BCUT2D eigenvalue weighted by atomic mass is 10.2. The van der Waals surface area contributed by atoms with E-state index in [4.69, 9.17) is 12.2 Å². The third-order valence-corrected chi connectivity index (χ3v) is 2.52.